The third-order valence-electron chi connectivity index (χ3n) is 1.03. The lowest BCUT2D eigenvalue weighted by Gasteiger charge is -1.98. The van der Waals surface area contributed by atoms with Crippen LogP contribution in [0, 0.1) is 0 Å². The summed E-state index contributed by atoms with van der Waals surface area (Å²) >= 11 is 0. The second kappa shape index (κ2) is 2.62. The van der Waals surface area contributed by atoms with E-state index in [2.05, 4.69) is 4.42 Å². The average molecular weight is 176 g/mol. The third kappa shape index (κ3) is 1.77. The van der Waals surface area contributed by atoms with E-state index in [0.29, 0.717) is 0 Å². The molecule has 6 heteroatoms. The standard InChI is InChI=1S/C5H5O5P/c6-5-4(11(7,8)9)2-1-3-10-5/h1-3H,(H2,7,8,9). The van der Waals surface area contributed by atoms with Crippen molar-refractivity contribution in [1.82, 2.24) is 0 Å². The van der Waals surface area contributed by atoms with Crippen molar-refractivity contribution in [3.63, 3.8) is 0 Å². The van der Waals surface area contributed by atoms with E-state index in [1.165, 1.54) is 6.07 Å². The van der Waals surface area contributed by atoms with Crippen molar-refractivity contribution in [2.75, 3.05) is 0 Å². The van der Waals surface area contributed by atoms with E-state index in [9.17, 15) is 9.36 Å². The lowest BCUT2D eigenvalue weighted by Crippen LogP contribution is -2.22. The summed E-state index contributed by atoms with van der Waals surface area (Å²) in [6.45, 7) is 0. The first-order valence-corrected chi connectivity index (χ1v) is 4.27. The number of hydrogen-bond donors (Lipinski definition) is 2. The van der Waals surface area contributed by atoms with Crippen molar-refractivity contribution >= 4 is 12.9 Å². The van der Waals surface area contributed by atoms with Gasteiger partial charge in [-0.3, -0.25) is 4.57 Å². The molecule has 0 saturated carbocycles. The lowest BCUT2D eigenvalue weighted by molar-refractivity contribution is 0.385. The third-order valence-corrected chi connectivity index (χ3v) is 1.99. The summed E-state index contributed by atoms with van der Waals surface area (Å²) in [5, 5.41) is -0.611. The first kappa shape index (κ1) is 8.20. The van der Waals surface area contributed by atoms with Crippen molar-refractivity contribution in [3.8, 4) is 0 Å². The summed E-state index contributed by atoms with van der Waals surface area (Å²) in [6.07, 6.45) is 1.06. The van der Waals surface area contributed by atoms with Gasteiger partial charge in [-0.25, -0.2) is 4.79 Å². The molecule has 0 aliphatic heterocycles. The molecule has 1 rings (SSSR count). The van der Waals surface area contributed by atoms with Crippen molar-refractivity contribution in [2.24, 2.45) is 0 Å². The van der Waals surface area contributed by atoms with Crippen LogP contribution in [0.3, 0.4) is 0 Å². The quantitative estimate of drug-likeness (QED) is 0.560. The Kier molecular flexibility index (Phi) is 1.95. The molecule has 1 aromatic heterocycles. The van der Waals surface area contributed by atoms with Gasteiger partial charge in [0.25, 0.3) is 0 Å². The molecule has 0 atom stereocenters. The Balaban J connectivity index is 3.37. The van der Waals surface area contributed by atoms with E-state index in [1.807, 2.05) is 0 Å². The molecule has 5 nitrogen and oxygen atoms in total. The second-order valence-electron chi connectivity index (χ2n) is 1.83. The van der Waals surface area contributed by atoms with Gasteiger partial charge in [-0.2, -0.15) is 0 Å². The van der Waals surface area contributed by atoms with Gasteiger partial charge in [-0.15, -0.1) is 0 Å². The highest BCUT2D eigenvalue weighted by Crippen LogP contribution is 2.30. The van der Waals surface area contributed by atoms with Gasteiger partial charge >= 0.3 is 13.2 Å². The molecule has 0 radical (unpaired) electrons. The van der Waals surface area contributed by atoms with Gasteiger partial charge in [0.15, 0.2) is 0 Å². The Hall–Kier alpha value is -0.900. The Bertz CT molecular complexity index is 348. The normalized spacial score (nSPS) is 11.5. The van der Waals surface area contributed by atoms with Crippen LogP contribution in [0.25, 0.3) is 0 Å². The molecule has 0 fully saturated rings. The van der Waals surface area contributed by atoms with E-state index in [1.54, 1.807) is 0 Å². The van der Waals surface area contributed by atoms with Gasteiger partial charge < -0.3 is 14.2 Å². The van der Waals surface area contributed by atoms with Crippen LogP contribution in [-0.4, -0.2) is 9.79 Å². The van der Waals surface area contributed by atoms with Gasteiger partial charge in [-0.1, -0.05) is 0 Å². The van der Waals surface area contributed by atoms with E-state index in [0.717, 1.165) is 12.3 Å². The lowest BCUT2D eigenvalue weighted by atomic mass is 10.5. The molecule has 0 aliphatic carbocycles. The smallest absolute Gasteiger partial charge is 0.363 e. The summed E-state index contributed by atoms with van der Waals surface area (Å²) < 4.78 is 14.7. The van der Waals surface area contributed by atoms with Crippen LogP contribution in [0.15, 0.2) is 27.6 Å². The molecule has 0 bridgehead atoms. The highest BCUT2D eigenvalue weighted by atomic mass is 31.2. The van der Waals surface area contributed by atoms with Gasteiger partial charge in [0.05, 0.1) is 6.26 Å². The SMILES string of the molecule is O=c1occcc1P(=O)(O)O. The van der Waals surface area contributed by atoms with E-state index < -0.39 is 18.5 Å². The predicted molar refractivity (Wildman–Crippen MR) is 36.7 cm³/mol. The minimum Gasteiger partial charge on any atom is -0.431 e. The predicted octanol–water partition coefficient (Wildman–Crippen LogP) is -0.557. The molecule has 0 amide bonds. The van der Waals surface area contributed by atoms with Gasteiger partial charge in [0.1, 0.15) is 5.30 Å². The van der Waals surface area contributed by atoms with Crippen LogP contribution in [0.2, 0.25) is 0 Å². The zero-order valence-electron chi connectivity index (χ0n) is 5.30. The van der Waals surface area contributed by atoms with Crippen LogP contribution in [0.1, 0.15) is 0 Å². The first-order valence-electron chi connectivity index (χ1n) is 2.66. The molecular formula is C5H5O5P. The maximum absolute atomic E-state index is 10.6. The van der Waals surface area contributed by atoms with Crippen LogP contribution in [0.5, 0.6) is 0 Å². The topological polar surface area (TPSA) is 87.7 Å². The molecule has 0 spiro atoms. The maximum atomic E-state index is 10.6. The van der Waals surface area contributed by atoms with Gasteiger partial charge in [0, 0.05) is 0 Å². The van der Waals surface area contributed by atoms with Crippen molar-refractivity contribution < 1.29 is 18.8 Å². The molecule has 2 N–H and O–H groups in total. The Morgan fingerprint density at radius 1 is 1.45 bits per heavy atom. The summed E-state index contributed by atoms with van der Waals surface area (Å²) in [5.74, 6) is 0. The largest absolute Gasteiger partial charge is 0.431 e. The molecule has 60 valence electrons. The number of rotatable bonds is 1. The minimum atomic E-state index is -4.46. The van der Waals surface area contributed by atoms with Crippen molar-refractivity contribution in [1.29, 1.82) is 0 Å². The molecular weight excluding hydrogens is 171 g/mol. The second-order valence-corrected chi connectivity index (χ2v) is 3.40. The van der Waals surface area contributed by atoms with Crippen molar-refractivity contribution in [3.05, 3.63) is 28.8 Å². The highest BCUT2D eigenvalue weighted by molar-refractivity contribution is 7.60. The summed E-state index contributed by atoms with van der Waals surface area (Å²) in [7, 11) is -4.46. The van der Waals surface area contributed by atoms with E-state index >= 15 is 0 Å². The highest BCUT2D eigenvalue weighted by Gasteiger charge is 2.21. The Morgan fingerprint density at radius 2 is 2.09 bits per heavy atom. The first-order chi connectivity index (χ1) is 5.02. The fourth-order valence-corrected chi connectivity index (χ4v) is 1.15. The fourth-order valence-electron chi connectivity index (χ4n) is 0.576. The van der Waals surface area contributed by atoms with Crippen LogP contribution >= 0.6 is 7.60 Å². The average Bonchev–Trinajstić information content (AvgIpc) is 1.86. The molecule has 0 unspecified atom stereocenters. The molecule has 11 heavy (non-hydrogen) atoms. The van der Waals surface area contributed by atoms with Gasteiger partial charge in [0.2, 0.25) is 0 Å². The minimum absolute atomic E-state index is 0.611. The van der Waals surface area contributed by atoms with Crippen LogP contribution in [0.4, 0.5) is 0 Å². The molecule has 1 heterocycles. The maximum Gasteiger partial charge on any atom is 0.363 e. The van der Waals surface area contributed by atoms with Gasteiger partial charge in [-0.05, 0) is 12.1 Å². The Morgan fingerprint density at radius 3 is 2.45 bits per heavy atom. The molecule has 0 aromatic carbocycles. The Labute approximate surface area is 61.4 Å². The summed E-state index contributed by atoms with van der Waals surface area (Å²) in [4.78, 5) is 27.6. The monoisotopic (exact) mass is 176 g/mol. The van der Waals surface area contributed by atoms with Crippen molar-refractivity contribution in [2.45, 2.75) is 0 Å². The van der Waals surface area contributed by atoms with E-state index in [4.69, 9.17) is 9.79 Å². The zero-order valence-corrected chi connectivity index (χ0v) is 6.19. The summed E-state index contributed by atoms with van der Waals surface area (Å²) in [6, 6.07) is 2.28. The molecule has 0 saturated heterocycles. The molecule has 0 aliphatic rings. The van der Waals surface area contributed by atoms with Crippen LogP contribution < -0.4 is 10.9 Å². The summed E-state index contributed by atoms with van der Waals surface area (Å²) in [5.41, 5.74) is -0.999. The fraction of sp³-hybridized carbons (Fsp3) is 0. The molecule has 1 aromatic rings. The zero-order chi connectivity index (χ0) is 8.48. The van der Waals surface area contributed by atoms with Crippen LogP contribution in [-0.2, 0) is 4.57 Å². The van der Waals surface area contributed by atoms with E-state index in [-0.39, 0.29) is 0 Å². The number of hydrogen-bond acceptors (Lipinski definition) is 3.